The molecule has 4 heteroatoms. The van der Waals surface area contributed by atoms with Gasteiger partial charge in [0.1, 0.15) is 5.82 Å². The quantitative estimate of drug-likeness (QED) is 0.723. The van der Waals surface area contributed by atoms with Crippen LogP contribution in [0.3, 0.4) is 0 Å². The van der Waals surface area contributed by atoms with Gasteiger partial charge in [-0.2, -0.15) is 0 Å². The lowest BCUT2D eigenvalue weighted by atomic mass is 10.1. The molecule has 2 rings (SSSR count). The van der Waals surface area contributed by atoms with E-state index in [2.05, 4.69) is 4.99 Å². The lowest BCUT2D eigenvalue weighted by Crippen LogP contribution is -2.23. The predicted molar refractivity (Wildman–Crippen MR) is 47.7 cm³/mol. The summed E-state index contributed by atoms with van der Waals surface area (Å²) in [6, 6.07) is 4.23. The average molecular weight is 193 g/mol. The van der Waals surface area contributed by atoms with E-state index < -0.39 is 5.97 Å². The Morgan fingerprint density at radius 3 is 3.07 bits per heavy atom. The van der Waals surface area contributed by atoms with Crippen molar-refractivity contribution in [2.24, 2.45) is 4.99 Å². The first-order valence-electron chi connectivity index (χ1n) is 4.21. The molecule has 1 N–H and O–H groups in total. The van der Waals surface area contributed by atoms with Gasteiger partial charge in [0.25, 0.3) is 0 Å². The SMILES string of the molecule is O=C(O)CC1=c2cc(F)ccc2=NC1. The van der Waals surface area contributed by atoms with E-state index in [1.807, 2.05) is 0 Å². The molecule has 0 fully saturated rings. The minimum Gasteiger partial charge on any atom is -0.481 e. The largest absolute Gasteiger partial charge is 0.481 e. The smallest absolute Gasteiger partial charge is 0.307 e. The van der Waals surface area contributed by atoms with Gasteiger partial charge in [-0.3, -0.25) is 9.79 Å². The predicted octanol–water partition coefficient (Wildman–Crippen LogP) is 0.0843. The molecule has 0 unspecified atom stereocenters. The van der Waals surface area contributed by atoms with Crippen molar-refractivity contribution in [2.75, 3.05) is 6.54 Å². The van der Waals surface area contributed by atoms with E-state index in [0.29, 0.717) is 22.7 Å². The molecule has 0 amide bonds. The molecule has 1 aliphatic heterocycles. The minimum atomic E-state index is -0.910. The summed E-state index contributed by atoms with van der Waals surface area (Å²) < 4.78 is 12.9. The third-order valence-electron chi connectivity index (χ3n) is 2.14. The average Bonchev–Trinajstić information content (AvgIpc) is 2.47. The standard InChI is InChI=1S/C10H8FNO2/c11-7-1-2-9-8(4-7)6(5-12-9)3-10(13)14/h1-2,4H,3,5H2,(H,13,14). The first kappa shape index (κ1) is 8.87. The number of aliphatic carboxylic acids is 1. The van der Waals surface area contributed by atoms with E-state index in [9.17, 15) is 9.18 Å². The van der Waals surface area contributed by atoms with Crippen LogP contribution in [0.15, 0.2) is 23.2 Å². The van der Waals surface area contributed by atoms with Gasteiger partial charge in [-0.25, -0.2) is 4.39 Å². The van der Waals surface area contributed by atoms with Crippen LogP contribution in [0, 0.1) is 5.82 Å². The van der Waals surface area contributed by atoms with Crippen LogP contribution in [0.4, 0.5) is 4.39 Å². The highest BCUT2D eigenvalue weighted by Crippen LogP contribution is 2.03. The van der Waals surface area contributed by atoms with Gasteiger partial charge in [0.15, 0.2) is 0 Å². The molecule has 1 aliphatic rings. The van der Waals surface area contributed by atoms with Crippen LogP contribution in [-0.4, -0.2) is 17.6 Å². The molecular weight excluding hydrogens is 185 g/mol. The van der Waals surface area contributed by atoms with Gasteiger partial charge < -0.3 is 5.11 Å². The molecule has 0 saturated carbocycles. The van der Waals surface area contributed by atoms with Crippen molar-refractivity contribution < 1.29 is 14.3 Å². The first-order valence-corrected chi connectivity index (χ1v) is 4.21. The fraction of sp³-hybridized carbons (Fsp3) is 0.200. The van der Waals surface area contributed by atoms with Crippen LogP contribution < -0.4 is 10.6 Å². The Hall–Kier alpha value is -1.71. The molecule has 3 nitrogen and oxygen atoms in total. The second-order valence-corrected chi connectivity index (χ2v) is 3.15. The molecule has 1 aromatic rings. The van der Waals surface area contributed by atoms with Crippen LogP contribution >= 0.6 is 0 Å². The van der Waals surface area contributed by atoms with Crippen molar-refractivity contribution in [3.8, 4) is 0 Å². The van der Waals surface area contributed by atoms with Crippen molar-refractivity contribution in [3.05, 3.63) is 34.6 Å². The molecule has 14 heavy (non-hydrogen) atoms. The summed E-state index contributed by atoms with van der Waals surface area (Å²) in [5, 5.41) is 9.93. The zero-order chi connectivity index (χ0) is 10.1. The van der Waals surface area contributed by atoms with Crippen LogP contribution in [0.2, 0.25) is 0 Å². The first-order chi connectivity index (χ1) is 6.66. The Balaban J connectivity index is 2.58. The lowest BCUT2D eigenvalue weighted by Gasteiger charge is -1.94. The second-order valence-electron chi connectivity index (χ2n) is 3.15. The van der Waals surface area contributed by atoms with E-state index >= 15 is 0 Å². The summed E-state index contributed by atoms with van der Waals surface area (Å²) in [4.78, 5) is 14.6. The molecule has 1 aromatic carbocycles. The molecule has 1 heterocycles. The minimum absolute atomic E-state index is 0.0695. The highest BCUT2D eigenvalue weighted by molar-refractivity contribution is 5.78. The topological polar surface area (TPSA) is 49.7 Å². The molecule has 0 spiro atoms. The van der Waals surface area contributed by atoms with E-state index in [4.69, 9.17) is 5.11 Å². The summed E-state index contributed by atoms with van der Waals surface area (Å²) >= 11 is 0. The van der Waals surface area contributed by atoms with Crippen LogP contribution in [-0.2, 0) is 4.79 Å². The van der Waals surface area contributed by atoms with E-state index in [1.54, 1.807) is 6.07 Å². The van der Waals surface area contributed by atoms with Gasteiger partial charge in [-0.15, -0.1) is 0 Å². The molecule has 0 bridgehead atoms. The maximum atomic E-state index is 12.9. The number of rotatable bonds is 2. The molecule has 0 aliphatic carbocycles. The van der Waals surface area contributed by atoms with Crippen molar-refractivity contribution in [2.45, 2.75) is 6.42 Å². The number of halogens is 1. The summed E-state index contributed by atoms with van der Waals surface area (Å²) in [6.45, 7) is 0.366. The van der Waals surface area contributed by atoms with E-state index in [-0.39, 0.29) is 12.2 Å². The zero-order valence-electron chi connectivity index (χ0n) is 7.33. The Kier molecular flexibility index (Phi) is 2.04. The maximum Gasteiger partial charge on any atom is 0.307 e. The van der Waals surface area contributed by atoms with Crippen molar-refractivity contribution in [3.63, 3.8) is 0 Å². The maximum absolute atomic E-state index is 12.9. The van der Waals surface area contributed by atoms with Crippen LogP contribution in [0.25, 0.3) is 5.57 Å². The molecule has 0 radical (unpaired) electrons. The Morgan fingerprint density at radius 2 is 2.36 bits per heavy atom. The summed E-state index contributed by atoms with van der Waals surface area (Å²) in [6.07, 6.45) is -0.0695. The lowest BCUT2D eigenvalue weighted by molar-refractivity contribution is -0.135. The van der Waals surface area contributed by atoms with Gasteiger partial charge in [-0.1, -0.05) is 0 Å². The molecule has 0 atom stereocenters. The summed E-state index contributed by atoms with van der Waals surface area (Å²) in [5.41, 5.74) is 0.673. The van der Waals surface area contributed by atoms with Crippen molar-refractivity contribution >= 4 is 11.5 Å². The molecular formula is C10H8FNO2. The van der Waals surface area contributed by atoms with E-state index in [1.165, 1.54) is 12.1 Å². The Labute approximate surface area is 79.2 Å². The fourth-order valence-corrected chi connectivity index (χ4v) is 1.53. The third kappa shape index (κ3) is 1.51. The van der Waals surface area contributed by atoms with Gasteiger partial charge in [0.05, 0.1) is 18.3 Å². The second kappa shape index (κ2) is 3.21. The van der Waals surface area contributed by atoms with Crippen LogP contribution in [0.5, 0.6) is 0 Å². The van der Waals surface area contributed by atoms with Gasteiger partial charge >= 0.3 is 5.97 Å². The van der Waals surface area contributed by atoms with Crippen molar-refractivity contribution in [1.82, 2.24) is 0 Å². The van der Waals surface area contributed by atoms with Crippen molar-refractivity contribution in [1.29, 1.82) is 0 Å². The Morgan fingerprint density at radius 1 is 1.57 bits per heavy atom. The van der Waals surface area contributed by atoms with Gasteiger partial charge in [0, 0.05) is 5.22 Å². The molecule has 72 valence electrons. The number of hydrogen-bond donors (Lipinski definition) is 1. The van der Waals surface area contributed by atoms with Gasteiger partial charge in [0.2, 0.25) is 0 Å². The third-order valence-corrected chi connectivity index (χ3v) is 2.14. The molecule has 0 aromatic heterocycles. The number of fused-ring (bicyclic) bond motifs is 1. The van der Waals surface area contributed by atoms with E-state index in [0.717, 1.165) is 0 Å². The number of benzene rings is 1. The van der Waals surface area contributed by atoms with Gasteiger partial charge in [-0.05, 0) is 23.8 Å². The highest BCUT2D eigenvalue weighted by atomic mass is 19.1. The number of carboxylic acid groups (broad SMARTS) is 1. The summed E-state index contributed by atoms with van der Waals surface area (Å²) in [7, 11) is 0. The molecule has 0 saturated heterocycles. The van der Waals surface area contributed by atoms with Crippen LogP contribution in [0.1, 0.15) is 6.42 Å². The summed E-state index contributed by atoms with van der Waals surface area (Å²) in [5.74, 6) is -1.27. The Bertz CT molecular complexity index is 507. The zero-order valence-corrected chi connectivity index (χ0v) is 7.33. The normalized spacial score (nSPS) is 13.6. The number of carboxylic acids is 1. The fourth-order valence-electron chi connectivity index (χ4n) is 1.53. The monoisotopic (exact) mass is 193 g/mol. The number of hydrogen-bond acceptors (Lipinski definition) is 2. The number of nitrogens with zero attached hydrogens (tertiary/aromatic N) is 1. The highest BCUT2D eigenvalue weighted by Gasteiger charge is 2.10. The number of carbonyl (C=O) groups is 1.